The highest BCUT2D eigenvalue weighted by Crippen LogP contribution is 2.52. The van der Waals surface area contributed by atoms with Crippen LogP contribution < -0.4 is 0 Å². The first-order valence-corrected chi connectivity index (χ1v) is 34.5. The minimum absolute atomic E-state index is 0.399. The van der Waals surface area contributed by atoms with Gasteiger partial charge in [0.2, 0.25) is 11.9 Å². The average molecular weight is 1290 g/mol. The first-order valence-electron chi connectivity index (χ1n) is 34.5. The summed E-state index contributed by atoms with van der Waals surface area (Å²) < 4.78 is 4.63. The molecular formula is C93H58N8. The van der Waals surface area contributed by atoms with Crippen molar-refractivity contribution in [2.75, 3.05) is 0 Å². The molecule has 1 aliphatic carbocycles. The number of hydrogen-bond donors (Lipinski definition) is 0. The Balaban J connectivity index is 0.727. The Bertz CT molecular complexity index is 6890. The van der Waals surface area contributed by atoms with Gasteiger partial charge in [-0.1, -0.05) is 305 Å². The van der Waals surface area contributed by atoms with Crippen molar-refractivity contribution in [1.82, 2.24) is 39.0 Å². The van der Waals surface area contributed by atoms with Gasteiger partial charge in [-0.3, -0.25) is 9.13 Å². The zero-order valence-corrected chi connectivity index (χ0v) is 55.1. The number of benzene rings is 16. The van der Waals surface area contributed by atoms with Gasteiger partial charge >= 0.3 is 0 Å². The lowest BCUT2D eigenvalue weighted by atomic mass is 9.81. The van der Waals surface area contributed by atoms with Gasteiger partial charge in [0.25, 0.3) is 0 Å². The van der Waals surface area contributed by atoms with E-state index in [1.807, 2.05) is 30.3 Å². The maximum atomic E-state index is 5.63. The molecule has 20 aromatic rings. The third-order valence-corrected chi connectivity index (χ3v) is 21.4. The van der Waals surface area contributed by atoms with Crippen LogP contribution in [0.25, 0.3) is 199 Å². The Hall–Kier alpha value is -13.3. The van der Waals surface area contributed by atoms with Gasteiger partial charge in [-0.2, -0.15) is 19.9 Å². The molecule has 0 aliphatic heterocycles. The molecule has 0 radical (unpaired) electrons. The smallest absolute Gasteiger partial charge is 0.238 e. The van der Waals surface area contributed by atoms with E-state index in [0.717, 1.165) is 115 Å². The lowest BCUT2D eigenvalue weighted by Gasteiger charge is -2.22. The molecule has 8 heteroatoms. The number of aromatic nitrogens is 8. The van der Waals surface area contributed by atoms with Crippen LogP contribution in [-0.2, 0) is 5.41 Å². The number of fused-ring (bicyclic) bond motifs is 23. The van der Waals surface area contributed by atoms with Crippen molar-refractivity contribution in [2.45, 2.75) is 19.3 Å². The van der Waals surface area contributed by atoms with Crippen LogP contribution >= 0.6 is 0 Å². The van der Waals surface area contributed by atoms with Crippen LogP contribution in [-0.4, -0.2) is 39.0 Å². The molecule has 0 N–H and O–H groups in total. The summed E-state index contributed by atoms with van der Waals surface area (Å²) in [5, 5.41) is 18.6. The summed E-state index contributed by atoms with van der Waals surface area (Å²) in [4.78, 5) is 32.7. The highest BCUT2D eigenvalue weighted by atomic mass is 15.2. The maximum absolute atomic E-state index is 5.63. The first kappa shape index (κ1) is 56.8. The second kappa shape index (κ2) is 21.9. The van der Waals surface area contributed by atoms with Crippen LogP contribution in [0.5, 0.6) is 0 Å². The Morgan fingerprint density at radius 3 is 1.20 bits per heavy atom. The van der Waals surface area contributed by atoms with Gasteiger partial charge in [0.05, 0.1) is 22.1 Å². The third-order valence-electron chi connectivity index (χ3n) is 21.4. The van der Waals surface area contributed by atoms with Crippen LogP contribution in [0.4, 0.5) is 0 Å². The summed E-state index contributed by atoms with van der Waals surface area (Å²) in [5.74, 6) is 3.52. The Morgan fingerprint density at radius 1 is 0.228 bits per heavy atom. The predicted octanol–water partition coefficient (Wildman–Crippen LogP) is 23.5. The third kappa shape index (κ3) is 8.61. The zero-order chi connectivity index (χ0) is 66.6. The molecule has 0 fully saturated rings. The van der Waals surface area contributed by atoms with Crippen LogP contribution in [0.2, 0.25) is 0 Å². The van der Waals surface area contributed by atoms with Crippen molar-refractivity contribution >= 4 is 108 Å². The molecule has 8 nitrogen and oxygen atoms in total. The van der Waals surface area contributed by atoms with Crippen molar-refractivity contribution in [2.24, 2.45) is 0 Å². The first-order chi connectivity index (χ1) is 49.8. The number of rotatable bonds is 8. The van der Waals surface area contributed by atoms with Gasteiger partial charge in [-0.15, -0.1) is 0 Å². The summed E-state index contributed by atoms with van der Waals surface area (Å²) in [6, 6.07) is 113. The summed E-state index contributed by atoms with van der Waals surface area (Å²) in [7, 11) is 0. The Labute approximate surface area is 580 Å². The summed E-state index contributed by atoms with van der Waals surface area (Å²) in [6.07, 6.45) is 0. The minimum atomic E-state index is -0.399. The molecule has 1 aliphatic rings. The van der Waals surface area contributed by atoms with Crippen LogP contribution in [0.1, 0.15) is 25.0 Å². The van der Waals surface area contributed by atoms with E-state index < -0.39 is 5.41 Å². The molecule has 0 amide bonds. The molecule has 0 spiro atoms. The fraction of sp³-hybridized carbons (Fsp3) is 0.0323. The van der Waals surface area contributed by atoms with Crippen LogP contribution in [0, 0.1) is 0 Å². The van der Waals surface area contributed by atoms with Gasteiger partial charge in [-0.25, -0.2) is 9.97 Å². The molecule has 16 aromatic carbocycles. The standard InChI is InChI=1S/C93H58N8/c1-93(2)78-53-63(45-48-70(78)71-49-46-64(54-79(71)93)90-95-88(60-27-10-5-11-28-60)98-92(99-90)101-84-65-29-13-12-24-57(65)44-50-76(84)81-72-34-18-14-30-66(72)68-32-16-20-36-74(68)85(81)101)62-43-40-58-47-51-80-82(77(58)52-62)83-73-35-19-15-31-67(73)69-33-17-21-37-75(69)86(83)100(80)91-96-87(59-25-8-4-9-26-59)94-89(97-91)61-41-38-56(39-42-61)55-22-6-3-7-23-55/h3-54H,1-2H3. The van der Waals surface area contributed by atoms with Crippen molar-refractivity contribution in [3.8, 4) is 90.8 Å². The largest absolute Gasteiger partial charge is 0.277 e. The predicted molar refractivity (Wildman–Crippen MR) is 417 cm³/mol. The van der Waals surface area contributed by atoms with Gasteiger partial charge in [0.15, 0.2) is 23.3 Å². The summed E-state index contributed by atoms with van der Waals surface area (Å²) in [5.41, 5.74) is 16.9. The second-order valence-corrected chi connectivity index (χ2v) is 27.3. The SMILES string of the molecule is CC1(C)c2cc(-c3ccc4ccc5c(c4c3)c3c4ccccc4c4ccccc4c3n5-c3nc(-c4ccccc4)nc(-c4ccc(-c5ccccc5)cc4)n3)ccc2-c2ccc(-c3nc(-c4ccccc4)nc(-n4c5c6ccccc6ccc5c5c6ccccc6c6ccccc6c54)n3)cc21. The van der Waals surface area contributed by atoms with Crippen molar-refractivity contribution in [1.29, 1.82) is 0 Å². The lowest BCUT2D eigenvalue weighted by Crippen LogP contribution is -2.15. The molecule has 0 saturated heterocycles. The highest BCUT2D eigenvalue weighted by Gasteiger charge is 2.37. The van der Waals surface area contributed by atoms with Gasteiger partial charge in [-0.05, 0) is 117 Å². The van der Waals surface area contributed by atoms with E-state index in [4.69, 9.17) is 29.9 Å². The van der Waals surface area contributed by atoms with Crippen molar-refractivity contribution < 1.29 is 0 Å². The van der Waals surface area contributed by atoms with E-state index in [1.165, 1.54) is 60.0 Å². The van der Waals surface area contributed by atoms with E-state index in [1.54, 1.807) is 0 Å². The normalized spacial score (nSPS) is 12.7. The minimum Gasteiger partial charge on any atom is -0.277 e. The van der Waals surface area contributed by atoms with E-state index >= 15 is 0 Å². The monoisotopic (exact) mass is 1290 g/mol. The number of hydrogen-bond acceptors (Lipinski definition) is 6. The average Bonchev–Trinajstić information content (AvgIpc) is 1.57. The van der Waals surface area contributed by atoms with E-state index in [2.05, 4.69) is 308 Å². The fourth-order valence-corrected chi connectivity index (χ4v) is 16.6. The van der Waals surface area contributed by atoms with Crippen LogP contribution in [0.15, 0.2) is 315 Å². The van der Waals surface area contributed by atoms with Gasteiger partial charge in [0.1, 0.15) is 0 Å². The quantitative estimate of drug-likeness (QED) is 0.141. The molecule has 470 valence electrons. The molecule has 21 rings (SSSR count). The Morgan fingerprint density at radius 2 is 0.604 bits per heavy atom. The van der Waals surface area contributed by atoms with E-state index in [0.29, 0.717) is 35.2 Å². The van der Waals surface area contributed by atoms with Crippen molar-refractivity contribution in [3.63, 3.8) is 0 Å². The summed E-state index contributed by atoms with van der Waals surface area (Å²) in [6.45, 7) is 4.73. The molecule has 101 heavy (non-hydrogen) atoms. The molecule has 0 saturated carbocycles. The van der Waals surface area contributed by atoms with Gasteiger partial charge < -0.3 is 0 Å². The maximum Gasteiger partial charge on any atom is 0.238 e. The van der Waals surface area contributed by atoms with E-state index in [9.17, 15) is 0 Å². The second-order valence-electron chi connectivity index (χ2n) is 27.3. The lowest BCUT2D eigenvalue weighted by molar-refractivity contribution is 0.661. The zero-order valence-electron chi connectivity index (χ0n) is 55.1. The molecule has 0 atom stereocenters. The topological polar surface area (TPSA) is 87.2 Å². The molecule has 4 heterocycles. The Kier molecular flexibility index (Phi) is 12.3. The van der Waals surface area contributed by atoms with Crippen LogP contribution in [0.3, 0.4) is 0 Å². The van der Waals surface area contributed by atoms with Crippen molar-refractivity contribution in [3.05, 3.63) is 327 Å². The molecule has 0 unspecified atom stereocenters. The molecular weight excluding hydrogens is 1230 g/mol. The summed E-state index contributed by atoms with van der Waals surface area (Å²) >= 11 is 0. The van der Waals surface area contributed by atoms with E-state index in [-0.39, 0.29) is 0 Å². The number of nitrogens with zero attached hydrogens (tertiary/aromatic N) is 8. The van der Waals surface area contributed by atoms with Gasteiger partial charge in [0, 0.05) is 65.4 Å². The fourth-order valence-electron chi connectivity index (χ4n) is 16.6. The molecule has 0 bridgehead atoms. The molecule has 4 aromatic heterocycles. The highest BCUT2D eigenvalue weighted by molar-refractivity contribution is 6.37.